The van der Waals surface area contributed by atoms with Gasteiger partial charge in [0.1, 0.15) is 11.9 Å². The summed E-state index contributed by atoms with van der Waals surface area (Å²) in [7, 11) is 0. The first-order chi connectivity index (χ1) is 10.1. The van der Waals surface area contributed by atoms with Crippen LogP contribution in [0.25, 0.3) is 0 Å². The molecule has 2 fully saturated rings. The van der Waals surface area contributed by atoms with Gasteiger partial charge < -0.3 is 15.2 Å². The number of aryl methyl sites for hydroxylation is 1. The third-order valence-electron chi connectivity index (χ3n) is 4.47. The minimum Gasteiger partial charge on any atom is -0.490 e. The lowest BCUT2D eigenvalue weighted by molar-refractivity contribution is -0.0960. The standard InChI is InChI=1S/C17H25NO2S/c1-12-3-4-15(13(2)18)16(9-12)20-14-5-7-19-17(10-14)6-8-21-11-17/h3-4,9,13-14H,5-8,10-11,18H2,1-2H3/t13-,14?,17?/m1/s1. The average Bonchev–Trinajstić information content (AvgIpc) is 2.86. The molecular weight excluding hydrogens is 282 g/mol. The van der Waals surface area contributed by atoms with Gasteiger partial charge in [0.25, 0.3) is 0 Å². The van der Waals surface area contributed by atoms with Gasteiger partial charge in [-0.2, -0.15) is 11.8 Å². The largest absolute Gasteiger partial charge is 0.490 e. The molecule has 2 aliphatic heterocycles. The Morgan fingerprint density at radius 1 is 1.48 bits per heavy atom. The lowest BCUT2D eigenvalue weighted by Gasteiger charge is -2.38. The highest BCUT2D eigenvalue weighted by Gasteiger charge is 2.41. The molecule has 2 saturated heterocycles. The number of benzene rings is 1. The molecule has 0 aliphatic carbocycles. The normalized spacial score (nSPS) is 30.5. The van der Waals surface area contributed by atoms with E-state index in [0.29, 0.717) is 0 Å². The molecule has 1 aromatic carbocycles. The molecule has 1 aromatic rings. The highest BCUT2D eigenvalue weighted by atomic mass is 32.2. The van der Waals surface area contributed by atoms with Crippen LogP contribution in [0.5, 0.6) is 5.75 Å². The van der Waals surface area contributed by atoms with Crippen molar-refractivity contribution in [3.8, 4) is 5.75 Å². The lowest BCUT2D eigenvalue weighted by atomic mass is 9.91. The molecule has 0 aromatic heterocycles. The summed E-state index contributed by atoms with van der Waals surface area (Å²) >= 11 is 2.00. The fourth-order valence-electron chi connectivity index (χ4n) is 3.25. The van der Waals surface area contributed by atoms with Gasteiger partial charge in [-0.1, -0.05) is 12.1 Å². The maximum atomic E-state index is 6.35. The van der Waals surface area contributed by atoms with E-state index in [9.17, 15) is 0 Å². The number of ether oxygens (including phenoxy) is 2. The van der Waals surface area contributed by atoms with Crippen molar-refractivity contribution < 1.29 is 9.47 Å². The van der Waals surface area contributed by atoms with Crippen LogP contribution in [-0.2, 0) is 4.74 Å². The first-order valence-corrected chi connectivity index (χ1v) is 8.98. The van der Waals surface area contributed by atoms with Crippen molar-refractivity contribution in [3.63, 3.8) is 0 Å². The van der Waals surface area contributed by atoms with Crippen molar-refractivity contribution in [1.82, 2.24) is 0 Å². The van der Waals surface area contributed by atoms with E-state index in [1.807, 2.05) is 18.7 Å². The Bertz CT molecular complexity index is 498. The van der Waals surface area contributed by atoms with Crippen LogP contribution < -0.4 is 10.5 Å². The number of hydrogen-bond donors (Lipinski definition) is 1. The van der Waals surface area contributed by atoms with Crippen LogP contribution in [0.2, 0.25) is 0 Å². The highest BCUT2D eigenvalue weighted by Crippen LogP contribution is 2.39. The molecule has 2 heterocycles. The van der Waals surface area contributed by atoms with E-state index in [-0.39, 0.29) is 17.7 Å². The van der Waals surface area contributed by atoms with Crippen LogP contribution in [-0.4, -0.2) is 29.8 Å². The second-order valence-corrected chi connectivity index (χ2v) is 7.50. The predicted octanol–water partition coefficient (Wildman–Crippen LogP) is 3.45. The van der Waals surface area contributed by atoms with Gasteiger partial charge in [-0.25, -0.2) is 0 Å². The van der Waals surface area contributed by atoms with Crippen LogP contribution in [0.3, 0.4) is 0 Å². The van der Waals surface area contributed by atoms with Crippen LogP contribution in [0, 0.1) is 6.92 Å². The lowest BCUT2D eigenvalue weighted by Crippen LogP contribution is -2.44. The molecule has 0 radical (unpaired) electrons. The average molecular weight is 307 g/mol. The summed E-state index contributed by atoms with van der Waals surface area (Å²) in [6.45, 7) is 4.91. The van der Waals surface area contributed by atoms with Gasteiger partial charge in [0.2, 0.25) is 0 Å². The number of thioether (sulfide) groups is 1. The van der Waals surface area contributed by atoms with Crippen molar-refractivity contribution in [2.45, 2.75) is 50.9 Å². The first-order valence-electron chi connectivity index (χ1n) is 7.82. The fraction of sp³-hybridized carbons (Fsp3) is 0.647. The molecule has 21 heavy (non-hydrogen) atoms. The summed E-state index contributed by atoms with van der Waals surface area (Å²) < 4.78 is 12.4. The van der Waals surface area contributed by atoms with Gasteiger partial charge in [-0.3, -0.25) is 0 Å². The summed E-state index contributed by atoms with van der Waals surface area (Å²) in [6.07, 6.45) is 3.38. The zero-order valence-electron chi connectivity index (χ0n) is 12.9. The van der Waals surface area contributed by atoms with Gasteiger partial charge in [0.05, 0.1) is 12.2 Å². The number of nitrogens with two attached hydrogens (primary N) is 1. The first kappa shape index (κ1) is 15.2. The van der Waals surface area contributed by atoms with E-state index >= 15 is 0 Å². The molecule has 2 N–H and O–H groups in total. The smallest absolute Gasteiger partial charge is 0.124 e. The van der Waals surface area contributed by atoms with Crippen LogP contribution in [0.15, 0.2) is 18.2 Å². The Labute approximate surface area is 131 Å². The topological polar surface area (TPSA) is 44.5 Å². The molecule has 1 spiro atoms. The third kappa shape index (κ3) is 3.38. The molecule has 3 atom stereocenters. The molecule has 116 valence electrons. The minimum absolute atomic E-state index is 0.00330. The Kier molecular flexibility index (Phi) is 4.48. The zero-order chi connectivity index (χ0) is 14.9. The molecule has 2 unspecified atom stereocenters. The third-order valence-corrected chi connectivity index (χ3v) is 5.69. The van der Waals surface area contributed by atoms with Gasteiger partial charge >= 0.3 is 0 Å². The molecule has 0 saturated carbocycles. The second kappa shape index (κ2) is 6.19. The van der Waals surface area contributed by atoms with Crippen LogP contribution in [0.4, 0.5) is 0 Å². The van der Waals surface area contributed by atoms with Crippen molar-refractivity contribution in [2.24, 2.45) is 5.73 Å². The van der Waals surface area contributed by atoms with E-state index in [2.05, 4.69) is 25.1 Å². The summed E-state index contributed by atoms with van der Waals surface area (Å²) in [4.78, 5) is 0. The Hall–Kier alpha value is -0.710. The maximum absolute atomic E-state index is 6.35. The molecule has 3 rings (SSSR count). The van der Waals surface area contributed by atoms with E-state index in [1.165, 1.54) is 11.3 Å². The van der Waals surface area contributed by atoms with Crippen molar-refractivity contribution in [3.05, 3.63) is 29.3 Å². The highest BCUT2D eigenvalue weighted by molar-refractivity contribution is 7.99. The van der Waals surface area contributed by atoms with E-state index < -0.39 is 0 Å². The quantitative estimate of drug-likeness (QED) is 0.929. The number of hydrogen-bond acceptors (Lipinski definition) is 4. The van der Waals surface area contributed by atoms with Gasteiger partial charge in [-0.15, -0.1) is 0 Å². The van der Waals surface area contributed by atoms with Crippen molar-refractivity contribution in [2.75, 3.05) is 18.1 Å². The van der Waals surface area contributed by atoms with E-state index in [4.69, 9.17) is 15.2 Å². The van der Waals surface area contributed by atoms with Gasteiger partial charge in [0.15, 0.2) is 0 Å². The Balaban J connectivity index is 1.75. The second-order valence-electron chi connectivity index (χ2n) is 6.40. The molecule has 2 aliphatic rings. The predicted molar refractivity (Wildman–Crippen MR) is 88.1 cm³/mol. The monoisotopic (exact) mass is 307 g/mol. The summed E-state index contributed by atoms with van der Waals surface area (Å²) in [5.74, 6) is 3.28. The molecule has 4 heteroatoms. The molecular formula is C17H25NO2S. The Morgan fingerprint density at radius 2 is 2.33 bits per heavy atom. The van der Waals surface area contributed by atoms with Gasteiger partial charge in [0, 0.05) is 30.2 Å². The molecule has 0 bridgehead atoms. The van der Waals surface area contributed by atoms with Crippen molar-refractivity contribution >= 4 is 11.8 Å². The molecule has 0 amide bonds. The minimum atomic E-state index is -0.00330. The zero-order valence-corrected chi connectivity index (χ0v) is 13.7. The number of rotatable bonds is 3. The van der Waals surface area contributed by atoms with Crippen LogP contribution in [0.1, 0.15) is 43.4 Å². The van der Waals surface area contributed by atoms with Crippen LogP contribution >= 0.6 is 11.8 Å². The fourth-order valence-corrected chi connectivity index (χ4v) is 4.62. The Morgan fingerprint density at radius 3 is 3.05 bits per heavy atom. The maximum Gasteiger partial charge on any atom is 0.124 e. The van der Waals surface area contributed by atoms with E-state index in [1.54, 1.807) is 0 Å². The SMILES string of the molecule is Cc1ccc([C@@H](C)N)c(OC2CCOC3(CCSC3)C2)c1. The summed E-state index contributed by atoms with van der Waals surface area (Å²) in [6, 6.07) is 6.31. The summed E-state index contributed by atoms with van der Waals surface area (Å²) in [5.41, 5.74) is 8.45. The summed E-state index contributed by atoms with van der Waals surface area (Å²) in [5, 5.41) is 0. The molecule has 3 nitrogen and oxygen atoms in total. The van der Waals surface area contributed by atoms with Gasteiger partial charge in [-0.05, 0) is 37.7 Å². The van der Waals surface area contributed by atoms with E-state index in [0.717, 1.165) is 42.9 Å². The van der Waals surface area contributed by atoms with Crippen molar-refractivity contribution in [1.29, 1.82) is 0 Å².